The average molecular weight is 531 g/mol. The number of aliphatic imine (C=N–C) groups is 1. The van der Waals surface area contributed by atoms with Crippen molar-refractivity contribution in [1.29, 1.82) is 0 Å². The van der Waals surface area contributed by atoms with Gasteiger partial charge in [0.25, 0.3) is 5.91 Å². The number of halogens is 1. The third-order valence-electron chi connectivity index (χ3n) is 6.27. The number of hydrogen-bond acceptors (Lipinski definition) is 8. The maximum absolute atomic E-state index is 14.7. The number of hydrogen-bond donors (Lipinski definition) is 4. The number of fused-ring (bicyclic) bond motifs is 1. The molecule has 1 aromatic heterocycles. The number of carbonyl (C=O) groups excluding carboxylic acids is 2. The van der Waals surface area contributed by atoms with Crippen LogP contribution in [0.1, 0.15) is 18.4 Å². The van der Waals surface area contributed by atoms with Gasteiger partial charge in [-0.1, -0.05) is 41.7 Å². The minimum absolute atomic E-state index is 0.00115. The first-order chi connectivity index (χ1) is 18.5. The number of benzene rings is 3. The third kappa shape index (κ3) is 5.06. The van der Waals surface area contributed by atoms with Crippen LogP contribution in [0.5, 0.6) is 11.5 Å². The lowest BCUT2D eigenvalue weighted by Gasteiger charge is -2.25. The van der Waals surface area contributed by atoms with E-state index in [9.17, 15) is 14.0 Å². The molecule has 6 rings (SSSR count). The molecule has 192 valence electrons. The molecule has 2 heterocycles. The van der Waals surface area contributed by atoms with Gasteiger partial charge in [-0.05, 0) is 42.7 Å². The van der Waals surface area contributed by atoms with Gasteiger partial charge in [0.2, 0.25) is 11.6 Å². The van der Waals surface area contributed by atoms with Gasteiger partial charge in [-0.25, -0.2) is 19.8 Å². The van der Waals surface area contributed by atoms with Gasteiger partial charge in [-0.2, -0.15) is 0 Å². The lowest BCUT2D eigenvalue weighted by atomic mass is 9.99. The first-order valence-corrected chi connectivity index (χ1v) is 12.9. The van der Waals surface area contributed by atoms with Crippen molar-refractivity contribution in [2.75, 3.05) is 10.6 Å². The highest BCUT2D eigenvalue weighted by atomic mass is 32.1. The zero-order valence-corrected chi connectivity index (χ0v) is 20.8. The Labute approximate surface area is 221 Å². The van der Waals surface area contributed by atoms with E-state index < -0.39 is 17.4 Å². The van der Waals surface area contributed by atoms with Gasteiger partial charge in [0, 0.05) is 24.5 Å². The monoisotopic (exact) mass is 530 g/mol. The molecule has 9 nitrogen and oxygen atoms in total. The van der Waals surface area contributed by atoms with E-state index in [1.807, 2.05) is 30.3 Å². The van der Waals surface area contributed by atoms with E-state index in [1.54, 1.807) is 18.2 Å². The summed E-state index contributed by atoms with van der Waals surface area (Å²) in [5.41, 5.74) is 5.89. The molecule has 0 spiro atoms. The quantitative estimate of drug-likeness (QED) is 0.265. The number of rotatable bonds is 8. The molecule has 0 saturated heterocycles. The number of nitrogens with zero attached hydrogens (tertiary/aromatic N) is 2. The molecule has 4 aromatic rings. The van der Waals surface area contributed by atoms with Crippen LogP contribution < -0.4 is 26.2 Å². The van der Waals surface area contributed by atoms with Crippen LogP contribution in [-0.2, 0) is 16.0 Å². The van der Waals surface area contributed by atoms with Gasteiger partial charge < -0.3 is 20.8 Å². The van der Waals surface area contributed by atoms with E-state index >= 15 is 0 Å². The van der Waals surface area contributed by atoms with Crippen molar-refractivity contribution in [3.05, 3.63) is 78.1 Å². The Balaban J connectivity index is 1.18. The molecular weight excluding hydrogens is 507 g/mol. The third-order valence-corrected chi connectivity index (χ3v) is 7.20. The number of nitrogens with one attached hydrogen (secondary N) is 4. The van der Waals surface area contributed by atoms with Crippen molar-refractivity contribution in [2.24, 2.45) is 10.9 Å². The molecule has 1 aliphatic carbocycles. The zero-order chi connectivity index (χ0) is 26.1. The highest BCUT2D eigenvalue weighted by Gasteiger charge is 2.40. The Hall–Kier alpha value is -4.35. The fraction of sp³-hybridized carbons (Fsp3) is 0.185. The first-order valence-electron chi connectivity index (χ1n) is 12.1. The summed E-state index contributed by atoms with van der Waals surface area (Å²) < 4.78 is 21.5. The van der Waals surface area contributed by atoms with Crippen LogP contribution in [0.15, 0.2) is 71.7 Å². The molecule has 38 heavy (non-hydrogen) atoms. The summed E-state index contributed by atoms with van der Waals surface area (Å²) in [6.07, 6.45) is 3.50. The lowest BCUT2D eigenvalue weighted by Crippen LogP contribution is -2.55. The maximum Gasteiger partial charge on any atom is 0.269 e. The fourth-order valence-corrected chi connectivity index (χ4v) is 5.00. The largest absolute Gasteiger partial charge is 0.457 e. The topological polar surface area (TPSA) is 117 Å². The molecule has 1 fully saturated rings. The van der Waals surface area contributed by atoms with Gasteiger partial charge in [-0.3, -0.25) is 9.59 Å². The van der Waals surface area contributed by atoms with Crippen LogP contribution in [0.2, 0.25) is 0 Å². The number of anilines is 2. The van der Waals surface area contributed by atoms with E-state index in [0.717, 1.165) is 28.6 Å². The summed E-state index contributed by atoms with van der Waals surface area (Å²) in [7, 11) is 0. The lowest BCUT2D eigenvalue weighted by molar-refractivity contribution is -0.122. The Kier molecular flexibility index (Phi) is 6.22. The zero-order valence-electron chi connectivity index (χ0n) is 20.0. The summed E-state index contributed by atoms with van der Waals surface area (Å²) in [5.74, 6) is -0.186. The summed E-state index contributed by atoms with van der Waals surface area (Å²) in [6.45, 7) is 0. The second kappa shape index (κ2) is 9.84. The summed E-state index contributed by atoms with van der Waals surface area (Å²) in [6, 6.07) is 18.9. The summed E-state index contributed by atoms with van der Waals surface area (Å²) in [5, 5.41) is 6.05. The minimum Gasteiger partial charge on any atom is -0.457 e. The van der Waals surface area contributed by atoms with Gasteiger partial charge in [0.15, 0.2) is 5.13 Å². The van der Waals surface area contributed by atoms with Gasteiger partial charge >= 0.3 is 0 Å². The van der Waals surface area contributed by atoms with E-state index in [2.05, 4.69) is 31.5 Å². The van der Waals surface area contributed by atoms with E-state index in [1.165, 1.54) is 35.9 Å². The van der Waals surface area contributed by atoms with Crippen LogP contribution in [0, 0.1) is 11.7 Å². The van der Waals surface area contributed by atoms with Gasteiger partial charge in [-0.15, -0.1) is 0 Å². The second-order valence-corrected chi connectivity index (χ2v) is 10.2. The molecule has 1 atom stereocenters. The van der Waals surface area contributed by atoms with Crippen molar-refractivity contribution in [3.63, 3.8) is 0 Å². The number of ether oxygens (including phenoxy) is 1. The molecule has 2 aliphatic rings. The number of thiazole rings is 1. The predicted octanol–water partition coefficient (Wildman–Crippen LogP) is 4.59. The van der Waals surface area contributed by atoms with Crippen molar-refractivity contribution < 1.29 is 18.7 Å². The van der Waals surface area contributed by atoms with Crippen molar-refractivity contribution in [2.45, 2.75) is 24.9 Å². The van der Waals surface area contributed by atoms with E-state index in [-0.39, 0.29) is 23.9 Å². The highest BCUT2D eigenvalue weighted by Crippen LogP contribution is 2.35. The molecule has 0 bridgehead atoms. The second-order valence-electron chi connectivity index (χ2n) is 9.16. The summed E-state index contributed by atoms with van der Waals surface area (Å²) in [4.78, 5) is 34.1. The SMILES string of the molecule is O=C(Nc1nc2ccc(Oc3ccc(F)c(NC(=O)C4(Cc5ccccc5)N=CNN4)c3)cc2s1)C1CC1. The molecule has 11 heteroatoms. The molecule has 1 saturated carbocycles. The smallest absolute Gasteiger partial charge is 0.269 e. The molecule has 0 radical (unpaired) electrons. The van der Waals surface area contributed by atoms with Gasteiger partial charge in [0.1, 0.15) is 17.3 Å². The molecule has 3 aromatic carbocycles. The molecule has 1 unspecified atom stereocenters. The maximum atomic E-state index is 14.7. The Morgan fingerprint density at radius 1 is 1.05 bits per heavy atom. The van der Waals surface area contributed by atoms with Crippen LogP contribution in [-0.4, -0.2) is 28.8 Å². The van der Waals surface area contributed by atoms with E-state index in [0.29, 0.717) is 16.6 Å². The highest BCUT2D eigenvalue weighted by molar-refractivity contribution is 7.22. The normalized spacial score (nSPS) is 18.2. The molecule has 2 amide bonds. The van der Waals surface area contributed by atoms with Crippen LogP contribution in [0.25, 0.3) is 10.2 Å². The Bertz CT molecular complexity index is 1560. The van der Waals surface area contributed by atoms with Crippen molar-refractivity contribution in [3.8, 4) is 11.5 Å². The number of carbonyl (C=O) groups is 2. The average Bonchev–Trinajstić information content (AvgIpc) is 3.54. The Morgan fingerprint density at radius 2 is 1.84 bits per heavy atom. The van der Waals surface area contributed by atoms with Crippen molar-refractivity contribution in [1.82, 2.24) is 15.8 Å². The minimum atomic E-state index is -1.34. The standard InChI is InChI=1S/C27H23FN6O3S/c28-20-10-8-18(37-19-9-11-21-23(13-19)38-26(32-21)33-24(35)17-6-7-17)12-22(20)31-25(36)27(29-15-30-34-27)14-16-4-2-1-3-5-16/h1-5,8-13,15,17,34H,6-7,14H2,(H,29,30)(H,31,36)(H,32,33,35). The Morgan fingerprint density at radius 3 is 2.61 bits per heavy atom. The van der Waals surface area contributed by atoms with Crippen molar-refractivity contribution >= 4 is 50.5 Å². The fourth-order valence-electron chi connectivity index (χ4n) is 4.10. The molecular formula is C27H23FN6O3S. The molecule has 1 aliphatic heterocycles. The molecule has 4 N–H and O–H groups in total. The van der Waals surface area contributed by atoms with E-state index in [4.69, 9.17) is 4.74 Å². The van der Waals surface area contributed by atoms with Crippen LogP contribution in [0.3, 0.4) is 0 Å². The number of amides is 2. The van der Waals surface area contributed by atoms with Crippen LogP contribution >= 0.6 is 11.3 Å². The number of aromatic nitrogens is 1. The van der Waals surface area contributed by atoms with Gasteiger partial charge in [0.05, 0.1) is 22.2 Å². The number of hydrazine groups is 1. The first kappa shape index (κ1) is 24.0. The van der Waals surface area contributed by atoms with Crippen LogP contribution in [0.4, 0.5) is 15.2 Å². The predicted molar refractivity (Wildman–Crippen MR) is 144 cm³/mol. The summed E-state index contributed by atoms with van der Waals surface area (Å²) >= 11 is 1.36.